The molecule has 6 nitrogen and oxygen atoms in total. The van der Waals surface area contributed by atoms with E-state index in [1.165, 1.54) is 12.8 Å². The Balaban J connectivity index is 1.98. The van der Waals surface area contributed by atoms with Crippen LogP contribution in [0.4, 0.5) is 0 Å². The molecule has 114 valence electrons. The molecule has 21 heavy (non-hydrogen) atoms. The van der Waals surface area contributed by atoms with Crippen LogP contribution in [-0.2, 0) is 4.79 Å². The molecule has 1 atom stereocenters. The summed E-state index contributed by atoms with van der Waals surface area (Å²) in [5, 5.41) is 15.9. The number of aromatic nitrogens is 2. The number of carbonyl (C=O) groups is 2. The van der Waals surface area contributed by atoms with Gasteiger partial charge in [0.25, 0.3) is 5.91 Å². The van der Waals surface area contributed by atoms with Crippen LogP contribution >= 0.6 is 0 Å². The number of allylic oxidation sites excluding steroid dienone is 1. The Hall–Kier alpha value is -2.11. The molecule has 2 N–H and O–H groups in total. The van der Waals surface area contributed by atoms with Crippen molar-refractivity contribution in [1.29, 1.82) is 0 Å². The normalized spacial score (nSPS) is 16.6. The summed E-state index contributed by atoms with van der Waals surface area (Å²) in [6, 6.07) is 1.09. The number of carbonyl (C=O) groups excluding carboxylic acids is 1. The molecule has 1 aliphatic carbocycles. The lowest BCUT2D eigenvalue weighted by molar-refractivity contribution is -0.139. The molecule has 0 bridgehead atoms. The standard InChI is InChI=1S/C15H21N3O3/c1-2-3-8-13(15(20)21)16-14(19)12-9-10-18(17-12)11-6-4-5-7-11/h2,9-11,13H,1,3-8H2,(H,16,19)(H,20,21). The van der Waals surface area contributed by atoms with Gasteiger partial charge in [-0.25, -0.2) is 4.79 Å². The van der Waals surface area contributed by atoms with E-state index in [0.29, 0.717) is 18.9 Å². The van der Waals surface area contributed by atoms with E-state index in [4.69, 9.17) is 5.11 Å². The second-order valence-electron chi connectivity index (χ2n) is 5.35. The highest BCUT2D eigenvalue weighted by atomic mass is 16.4. The fourth-order valence-electron chi connectivity index (χ4n) is 2.61. The van der Waals surface area contributed by atoms with Gasteiger partial charge in [0.05, 0.1) is 6.04 Å². The maximum atomic E-state index is 12.1. The second kappa shape index (κ2) is 7.06. The molecule has 1 aromatic heterocycles. The van der Waals surface area contributed by atoms with Crippen LogP contribution < -0.4 is 5.32 Å². The number of amides is 1. The summed E-state index contributed by atoms with van der Waals surface area (Å²) >= 11 is 0. The number of aliphatic carboxylic acids is 1. The van der Waals surface area contributed by atoms with E-state index in [2.05, 4.69) is 17.0 Å². The van der Waals surface area contributed by atoms with Crippen molar-refractivity contribution >= 4 is 11.9 Å². The van der Waals surface area contributed by atoms with E-state index in [9.17, 15) is 9.59 Å². The van der Waals surface area contributed by atoms with E-state index in [0.717, 1.165) is 12.8 Å². The first-order valence-corrected chi connectivity index (χ1v) is 7.31. The quantitative estimate of drug-likeness (QED) is 0.754. The zero-order chi connectivity index (χ0) is 15.2. The number of rotatable bonds is 7. The summed E-state index contributed by atoms with van der Waals surface area (Å²) in [6.45, 7) is 3.56. The summed E-state index contributed by atoms with van der Waals surface area (Å²) in [5.74, 6) is -1.48. The van der Waals surface area contributed by atoms with Crippen LogP contribution in [0.15, 0.2) is 24.9 Å². The van der Waals surface area contributed by atoms with E-state index < -0.39 is 17.9 Å². The molecular formula is C15H21N3O3. The molecular weight excluding hydrogens is 270 g/mol. The minimum Gasteiger partial charge on any atom is -0.480 e. The highest BCUT2D eigenvalue weighted by Gasteiger charge is 2.23. The van der Waals surface area contributed by atoms with Gasteiger partial charge in [0, 0.05) is 6.20 Å². The number of nitrogens with zero attached hydrogens (tertiary/aromatic N) is 2. The van der Waals surface area contributed by atoms with Crippen molar-refractivity contribution in [2.45, 2.75) is 50.6 Å². The Morgan fingerprint density at radius 3 is 2.86 bits per heavy atom. The molecule has 1 heterocycles. The van der Waals surface area contributed by atoms with Crippen LogP contribution in [0.3, 0.4) is 0 Å². The summed E-state index contributed by atoms with van der Waals surface area (Å²) in [5.41, 5.74) is 0.270. The largest absolute Gasteiger partial charge is 0.480 e. The fourth-order valence-corrected chi connectivity index (χ4v) is 2.61. The van der Waals surface area contributed by atoms with Crippen LogP contribution in [0.25, 0.3) is 0 Å². The molecule has 1 aromatic rings. The lowest BCUT2D eigenvalue weighted by Crippen LogP contribution is -2.40. The van der Waals surface area contributed by atoms with E-state index in [1.807, 2.05) is 4.68 Å². The maximum absolute atomic E-state index is 12.1. The van der Waals surface area contributed by atoms with Crippen molar-refractivity contribution in [2.24, 2.45) is 0 Å². The first kappa shape index (κ1) is 15.3. The summed E-state index contributed by atoms with van der Waals surface area (Å²) in [7, 11) is 0. The molecule has 1 fully saturated rings. The summed E-state index contributed by atoms with van der Waals surface area (Å²) < 4.78 is 1.82. The molecule has 1 amide bonds. The molecule has 2 rings (SSSR count). The molecule has 0 spiro atoms. The van der Waals surface area contributed by atoms with Gasteiger partial charge in [0.2, 0.25) is 0 Å². The highest BCUT2D eigenvalue weighted by Crippen LogP contribution is 2.28. The van der Waals surface area contributed by atoms with E-state index in [-0.39, 0.29) is 5.69 Å². The average Bonchev–Trinajstić information content (AvgIpc) is 3.12. The van der Waals surface area contributed by atoms with Crippen molar-refractivity contribution in [3.63, 3.8) is 0 Å². The number of nitrogens with one attached hydrogen (secondary N) is 1. The van der Waals surface area contributed by atoms with Gasteiger partial charge in [0.15, 0.2) is 0 Å². The van der Waals surface area contributed by atoms with Crippen molar-refractivity contribution in [1.82, 2.24) is 15.1 Å². The van der Waals surface area contributed by atoms with E-state index >= 15 is 0 Å². The average molecular weight is 291 g/mol. The molecule has 1 unspecified atom stereocenters. The number of hydrogen-bond donors (Lipinski definition) is 2. The summed E-state index contributed by atoms with van der Waals surface area (Å²) in [6.07, 6.45) is 8.84. The molecule has 0 aliphatic heterocycles. The van der Waals surface area contributed by atoms with Crippen LogP contribution in [0.2, 0.25) is 0 Å². The predicted molar refractivity (Wildman–Crippen MR) is 78.1 cm³/mol. The molecule has 1 saturated carbocycles. The third-order valence-corrected chi connectivity index (χ3v) is 3.80. The Morgan fingerprint density at radius 2 is 2.24 bits per heavy atom. The van der Waals surface area contributed by atoms with Crippen LogP contribution in [-0.4, -0.2) is 32.8 Å². The Bertz CT molecular complexity index is 518. The first-order chi connectivity index (χ1) is 10.1. The lowest BCUT2D eigenvalue weighted by Gasteiger charge is -2.12. The third-order valence-electron chi connectivity index (χ3n) is 3.80. The second-order valence-corrected chi connectivity index (χ2v) is 5.35. The van der Waals surface area contributed by atoms with Gasteiger partial charge in [-0.3, -0.25) is 9.48 Å². The van der Waals surface area contributed by atoms with Gasteiger partial charge < -0.3 is 10.4 Å². The topological polar surface area (TPSA) is 84.2 Å². The van der Waals surface area contributed by atoms with Crippen molar-refractivity contribution < 1.29 is 14.7 Å². The van der Waals surface area contributed by atoms with Gasteiger partial charge >= 0.3 is 5.97 Å². The lowest BCUT2D eigenvalue weighted by atomic mass is 10.1. The zero-order valence-electron chi connectivity index (χ0n) is 12.0. The zero-order valence-corrected chi connectivity index (χ0v) is 12.0. The SMILES string of the molecule is C=CCCC(NC(=O)c1ccn(C2CCCC2)n1)C(=O)O. The Morgan fingerprint density at radius 1 is 1.52 bits per heavy atom. The molecule has 1 aliphatic rings. The van der Waals surface area contributed by atoms with Crippen molar-refractivity contribution in [3.05, 3.63) is 30.6 Å². The molecule has 0 radical (unpaired) electrons. The first-order valence-electron chi connectivity index (χ1n) is 7.31. The van der Waals surface area contributed by atoms with Crippen LogP contribution in [0, 0.1) is 0 Å². The molecule has 6 heteroatoms. The van der Waals surface area contributed by atoms with Gasteiger partial charge in [-0.15, -0.1) is 6.58 Å². The molecule has 0 aromatic carbocycles. The van der Waals surface area contributed by atoms with Crippen LogP contribution in [0.1, 0.15) is 55.1 Å². The Labute approximate surface area is 123 Å². The maximum Gasteiger partial charge on any atom is 0.326 e. The monoisotopic (exact) mass is 291 g/mol. The fraction of sp³-hybridized carbons (Fsp3) is 0.533. The van der Waals surface area contributed by atoms with Crippen molar-refractivity contribution in [2.75, 3.05) is 0 Å². The van der Waals surface area contributed by atoms with Gasteiger partial charge in [-0.1, -0.05) is 18.9 Å². The van der Waals surface area contributed by atoms with Crippen LogP contribution in [0.5, 0.6) is 0 Å². The third kappa shape index (κ3) is 3.93. The van der Waals surface area contributed by atoms with Gasteiger partial charge in [-0.05, 0) is 31.7 Å². The van der Waals surface area contributed by atoms with Crippen molar-refractivity contribution in [3.8, 4) is 0 Å². The van der Waals surface area contributed by atoms with E-state index in [1.54, 1.807) is 18.3 Å². The molecule has 0 saturated heterocycles. The highest BCUT2D eigenvalue weighted by molar-refractivity contribution is 5.94. The minimum absolute atomic E-state index is 0.270. The van der Waals surface area contributed by atoms with Gasteiger partial charge in [-0.2, -0.15) is 5.10 Å². The number of carboxylic acids is 1. The predicted octanol–water partition coefficient (Wildman–Crippen LogP) is 2.15. The number of hydrogen-bond acceptors (Lipinski definition) is 3. The van der Waals surface area contributed by atoms with Gasteiger partial charge in [0.1, 0.15) is 11.7 Å². The Kier molecular flexibility index (Phi) is 5.14. The minimum atomic E-state index is -1.04. The smallest absolute Gasteiger partial charge is 0.326 e. The summed E-state index contributed by atoms with van der Waals surface area (Å²) in [4.78, 5) is 23.2. The number of carboxylic acid groups (broad SMARTS) is 1.